The highest BCUT2D eigenvalue weighted by Crippen LogP contribution is 2.30. The summed E-state index contributed by atoms with van der Waals surface area (Å²) in [6, 6.07) is 14.8. The summed E-state index contributed by atoms with van der Waals surface area (Å²) in [5.41, 5.74) is 0. The largest absolute Gasteiger partial charge is 0.497 e. The number of rotatable bonds is 3. The molecule has 5 heteroatoms. The van der Waals surface area contributed by atoms with Crippen LogP contribution in [0.2, 0.25) is 5.15 Å². The first-order chi connectivity index (χ1) is 9.78. The van der Waals surface area contributed by atoms with Crippen LogP contribution in [0.1, 0.15) is 0 Å². The van der Waals surface area contributed by atoms with Crippen molar-refractivity contribution >= 4 is 22.4 Å². The number of aromatic nitrogens is 2. The maximum Gasteiger partial charge on any atom is 0.246 e. The molecule has 0 aliphatic heterocycles. The van der Waals surface area contributed by atoms with Crippen LogP contribution in [0.15, 0.2) is 48.5 Å². The van der Waals surface area contributed by atoms with Crippen molar-refractivity contribution in [2.24, 2.45) is 0 Å². The Bertz CT molecular complexity index is 744. The summed E-state index contributed by atoms with van der Waals surface area (Å²) in [5, 5.41) is 9.91. The van der Waals surface area contributed by atoms with Crippen LogP contribution in [0.5, 0.6) is 17.4 Å². The Labute approximate surface area is 120 Å². The lowest BCUT2D eigenvalue weighted by Crippen LogP contribution is -1.93. The minimum atomic E-state index is 0.364. The van der Waals surface area contributed by atoms with Gasteiger partial charge in [0.2, 0.25) is 5.88 Å². The molecule has 0 radical (unpaired) electrons. The zero-order chi connectivity index (χ0) is 13.9. The van der Waals surface area contributed by atoms with Crippen molar-refractivity contribution in [3.63, 3.8) is 0 Å². The lowest BCUT2D eigenvalue weighted by atomic mass is 10.2. The van der Waals surface area contributed by atoms with E-state index < -0.39 is 0 Å². The minimum absolute atomic E-state index is 0.364. The van der Waals surface area contributed by atoms with Gasteiger partial charge in [0.05, 0.1) is 7.11 Å². The van der Waals surface area contributed by atoms with Crippen LogP contribution in [0.25, 0.3) is 10.8 Å². The van der Waals surface area contributed by atoms with Crippen LogP contribution < -0.4 is 9.47 Å². The first-order valence-electron chi connectivity index (χ1n) is 6.01. The second-order valence-electron chi connectivity index (χ2n) is 4.12. The van der Waals surface area contributed by atoms with E-state index in [4.69, 9.17) is 21.1 Å². The van der Waals surface area contributed by atoms with Crippen molar-refractivity contribution in [2.75, 3.05) is 7.11 Å². The van der Waals surface area contributed by atoms with Crippen LogP contribution in [0, 0.1) is 0 Å². The molecule has 0 atom stereocenters. The quantitative estimate of drug-likeness (QED) is 0.727. The van der Waals surface area contributed by atoms with E-state index in [0.717, 1.165) is 16.5 Å². The molecule has 20 heavy (non-hydrogen) atoms. The van der Waals surface area contributed by atoms with Crippen molar-refractivity contribution in [1.82, 2.24) is 10.2 Å². The lowest BCUT2D eigenvalue weighted by molar-refractivity contribution is 0.412. The van der Waals surface area contributed by atoms with Gasteiger partial charge in [-0.25, -0.2) is 0 Å². The van der Waals surface area contributed by atoms with E-state index in [1.165, 1.54) is 0 Å². The summed E-state index contributed by atoms with van der Waals surface area (Å²) in [6.45, 7) is 0. The SMILES string of the molecule is COc1ccc(Oc2nnc(Cl)c3ccccc23)cc1. The number of fused-ring (bicyclic) bond motifs is 1. The third kappa shape index (κ3) is 2.38. The van der Waals surface area contributed by atoms with E-state index in [9.17, 15) is 0 Å². The van der Waals surface area contributed by atoms with E-state index >= 15 is 0 Å². The van der Waals surface area contributed by atoms with Gasteiger partial charge in [0.15, 0.2) is 5.15 Å². The Balaban J connectivity index is 2.00. The highest BCUT2D eigenvalue weighted by molar-refractivity contribution is 6.34. The van der Waals surface area contributed by atoms with E-state index in [1.54, 1.807) is 7.11 Å². The van der Waals surface area contributed by atoms with Gasteiger partial charge in [0.25, 0.3) is 0 Å². The Morgan fingerprint density at radius 3 is 2.20 bits per heavy atom. The molecule has 0 unspecified atom stereocenters. The normalized spacial score (nSPS) is 10.5. The number of hydrogen-bond acceptors (Lipinski definition) is 4. The molecule has 4 nitrogen and oxygen atoms in total. The Hall–Kier alpha value is -2.33. The van der Waals surface area contributed by atoms with Crippen LogP contribution in [0.4, 0.5) is 0 Å². The van der Waals surface area contributed by atoms with Gasteiger partial charge in [-0.15, -0.1) is 10.2 Å². The fourth-order valence-corrected chi connectivity index (χ4v) is 2.08. The average molecular weight is 287 g/mol. The van der Waals surface area contributed by atoms with E-state index in [2.05, 4.69) is 10.2 Å². The molecule has 0 N–H and O–H groups in total. The molecule has 0 amide bonds. The van der Waals surface area contributed by atoms with E-state index in [1.807, 2.05) is 48.5 Å². The van der Waals surface area contributed by atoms with Crippen molar-refractivity contribution < 1.29 is 9.47 Å². The van der Waals surface area contributed by atoms with Gasteiger partial charge in [-0.3, -0.25) is 0 Å². The number of halogens is 1. The first-order valence-corrected chi connectivity index (χ1v) is 6.38. The fraction of sp³-hybridized carbons (Fsp3) is 0.0667. The maximum atomic E-state index is 6.03. The number of ether oxygens (including phenoxy) is 2. The standard InChI is InChI=1S/C15H11ClN2O2/c1-19-10-6-8-11(9-7-10)20-15-13-5-3-2-4-12(13)14(16)17-18-15/h2-9H,1H3. The van der Waals surface area contributed by atoms with Gasteiger partial charge in [0, 0.05) is 10.8 Å². The number of hydrogen-bond donors (Lipinski definition) is 0. The summed E-state index contributed by atoms with van der Waals surface area (Å²) in [7, 11) is 1.62. The molecule has 100 valence electrons. The van der Waals surface area contributed by atoms with Gasteiger partial charge in [-0.05, 0) is 30.3 Å². The minimum Gasteiger partial charge on any atom is -0.497 e. The second-order valence-corrected chi connectivity index (χ2v) is 4.48. The van der Waals surface area contributed by atoms with Crippen molar-refractivity contribution in [3.05, 3.63) is 53.7 Å². The molecule has 3 rings (SSSR count). The molecule has 0 saturated heterocycles. The average Bonchev–Trinajstić information content (AvgIpc) is 2.51. The number of nitrogens with zero attached hydrogens (tertiary/aromatic N) is 2. The van der Waals surface area contributed by atoms with Crippen LogP contribution in [-0.4, -0.2) is 17.3 Å². The molecule has 0 spiro atoms. The summed E-state index contributed by atoms with van der Waals surface area (Å²) in [5.74, 6) is 1.85. The molecule has 0 aliphatic carbocycles. The zero-order valence-corrected chi connectivity index (χ0v) is 11.5. The molecule has 0 aliphatic rings. The van der Waals surface area contributed by atoms with Crippen LogP contribution in [0.3, 0.4) is 0 Å². The van der Waals surface area contributed by atoms with Crippen LogP contribution >= 0.6 is 11.6 Å². The summed E-state index contributed by atoms with van der Waals surface area (Å²) in [6.07, 6.45) is 0. The van der Waals surface area contributed by atoms with E-state index in [-0.39, 0.29) is 0 Å². The van der Waals surface area contributed by atoms with Gasteiger partial charge in [-0.2, -0.15) is 0 Å². The smallest absolute Gasteiger partial charge is 0.246 e. The van der Waals surface area contributed by atoms with Gasteiger partial charge in [-0.1, -0.05) is 29.8 Å². The second kappa shape index (κ2) is 5.35. The first kappa shape index (κ1) is 12.7. The molecular formula is C15H11ClN2O2. The Morgan fingerprint density at radius 2 is 1.50 bits per heavy atom. The molecule has 0 saturated carbocycles. The summed E-state index contributed by atoms with van der Waals surface area (Å²) < 4.78 is 10.9. The monoisotopic (exact) mass is 286 g/mol. The van der Waals surface area contributed by atoms with Gasteiger partial charge >= 0.3 is 0 Å². The third-order valence-corrected chi connectivity index (χ3v) is 3.16. The molecular weight excluding hydrogens is 276 g/mol. The van der Waals surface area contributed by atoms with Crippen molar-refractivity contribution in [3.8, 4) is 17.4 Å². The van der Waals surface area contributed by atoms with Crippen LogP contribution in [-0.2, 0) is 0 Å². The molecule has 2 aromatic carbocycles. The number of benzene rings is 2. The molecule has 3 aromatic rings. The maximum absolute atomic E-state index is 6.03. The van der Waals surface area contributed by atoms with Gasteiger partial charge in [0.1, 0.15) is 11.5 Å². The predicted octanol–water partition coefficient (Wildman–Crippen LogP) is 4.08. The molecule has 1 aromatic heterocycles. The van der Waals surface area contributed by atoms with Crippen molar-refractivity contribution in [1.29, 1.82) is 0 Å². The molecule has 0 bridgehead atoms. The summed E-state index contributed by atoms with van der Waals surface area (Å²) in [4.78, 5) is 0. The van der Waals surface area contributed by atoms with Gasteiger partial charge < -0.3 is 9.47 Å². The zero-order valence-electron chi connectivity index (χ0n) is 10.7. The number of methoxy groups -OCH3 is 1. The Kier molecular flexibility index (Phi) is 3.39. The topological polar surface area (TPSA) is 44.2 Å². The Morgan fingerprint density at radius 1 is 0.850 bits per heavy atom. The lowest BCUT2D eigenvalue weighted by Gasteiger charge is -2.08. The summed E-state index contributed by atoms with van der Waals surface area (Å²) >= 11 is 6.03. The third-order valence-electron chi connectivity index (χ3n) is 2.88. The van der Waals surface area contributed by atoms with E-state index in [0.29, 0.717) is 16.8 Å². The highest BCUT2D eigenvalue weighted by atomic mass is 35.5. The molecule has 0 fully saturated rings. The highest BCUT2D eigenvalue weighted by Gasteiger charge is 2.09. The van der Waals surface area contributed by atoms with Crippen molar-refractivity contribution in [2.45, 2.75) is 0 Å². The fourth-order valence-electron chi connectivity index (χ4n) is 1.88. The predicted molar refractivity (Wildman–Crippen MR) is 77.6 cm³/mol. The molecule has 1 heterocycles.